The van der Waals surface area contributed by atoms with E-state index in [1.165, 1.54) is 0 Å². The second-order valence-corrected chi connectivity index (χ2v) is 2.53. The summed E-state index contributed by atoms with van der Waals surface area (Å²) in [5.41, 5.74) is 0. The number of rotatable bonds is 3. The van der Waals surface area contributed by atoms with Crippen molar-refractivity contribution >= 4 is 0 Å². The summed E-state index contributed by atoms with van der Waals surface area (Å²) >= 11 is 0. The van der Waals surface area contributed by atoms with Crippen molar-refractivity contribution in [3.8, 4) is 0 Å². The van der Waals surface area contributed by atoms with Crippen molar-refractivity contribution in [1.29, 1.82) is 0 Å². The Morgan fingerprint density at radius 2 is 2.18 bits per heavy atom. The molecule has 1 aliphatic rings. The average Bonchev–Trinajstić information content (AvgIpc) is 2.45. The summed E-state index contributed by atoms with van der Waals surface area (Å²) in [4.78, 5) is 0. The number of aliphatic hydroxyl groups excluding tert-OH is 1. The molecule has 0 aromatic carbocycles. The van der Waals surface area contributed by atoms with Crippen LogP contribution < -0.4 is 0 Å². The van der Waals surface area contributed by atoms with Gasteiger partial charge in [-0.25, -0.2) is 0 Å². The molecule has 0 aromatic rings. The lowest BCUT2D eigenvalue weighted by Crippen LogP contribution is -2.35. The molecule has 1 fully saturated rings. The Kier molecular flexibility index (Phi) is 3.26. The zero-order valence-corrected chi connectivity index (χ0v) is 6.82. The van der Waals surface area contributed by atoms with Crippen LogP contribution in [0.2, 0.25) is 0 Å². The molecule has 0 spiro atoms. The van der Waals surface area contributed by atoms with Gasteiger partial charge in [0, 0.05) is 14.2 Å². The summed E-state index contributed by atoms with van der Waals surface area (Å²) in [7, 11) is 3.20. The predicted octanol–water partition coefficient (Wildman–Crippen LogP) is -0.593. The highest BCUT2D eigenvalue weighted by molar-refractivity contribution is 4.84. The molecule has 11 heavy (non-hydrogen) atoms. The van der Waals surface area contributed by atoms with Gasteiger partial charge in [-0.1, -0.05) is 0 Å². The summed E-state index contributed by atoms with van der Waals surface area (Å²) in [6.45, 7) is 0.485. The maximum atomic E-state index is 8.82. The Morgan fingerprint density at radius 3 is 2.64 bits per heavy atom. The van der Waals surface area contributed by atoms with E-state index in [4.69, 9.17) is 19.3 Å². The molecule has 0 aliphatic carbocycles. The third-order valence-corrected chi connectivity index (χ3v) is 1.96. The second-order valence-electron chi connectivity index (χ2n) is 2.53. The van der Waals surface area contributed by atoms with Gasteiger partial charge >= 0.3 is 0 Å². The van der Waals surface area contributed by atoms with Crippen LogP contribution in [-0.2, 0) is 14.2 Å². The van der Waals surface area contributed by atoms with Crippen molar-refractivity contribution in [2.24, 2.45) is 0 Å². The highest BCUT2D eigenvalue weighted by Crippen LogP contribution is 2.18. The number of hydrogen-bond donors (Lipinski definition) is 1. The molecule has 3 atom stereocenters. The van der Waals surface area contributed by atoms with E-state index in [9.17, 15) is 0 Å². The number of hydrogen-bond acceptors (Lipinski definition) is 4. The summed E-state index contributed by atoms with van der Waals surface area (Å²) in [5.74, 6) is 0. The van der Waals surface area contributed by atoms with Gasteiger partial charge in [-0.05, 0) is 0 Å². The lowest BCUT2D eigenvalue weighted by molar-refractivity contribution is -0.0395. The Hall–Kier alpha value is -0.160. The maximum absolute atomic E-state index is 8.82. The van der Waals surface area contributed by atoms with E-state index in [-0.39, 0.29) is 24.9 Å². The van der Waals surface area contributed by atoms with E-state index < -0.39 is 0 Å². The molecule has 0 aromatic heterocycles. The quantitative estimate of drug-likeness (QED) is 0.602. The van der Waals surface area contributed by atoms with Crippen LogP contribution in [0.1, 0.15) is 0 Å². The Bertz CT molecular complexity index is 105. The molecular formula is C7H14O4. The topological polar surface area (TPSA) is 47.9 Å². The van der Waals surface area contributed by atoms with Crippen LogP contribution in [0, 0.1) is 0 Å². The molecule has 0 unspecified atom stereocenters. The van der Waals surface area contributed by atoms with Gasteiger partial charge in [0.05, 0.1) is 13.2 Å². The van der Waals surface area contributed by atoms with Crippen molar-refractivity contribution in [2.75, 3.05) is 27.4 Å². The molecule has 0 saturated carbocycles. The predicted molar refractivity (Wildman–Crippen MR) is 38.4 cm³/mol. The summed E-state index contributed by atoms with van der Waals surface area (Å²) in [6, 6.07) is 0. The van der Waals surface area contributed by atoms with Gasteiger partial charge in [-0.3, -0.25) is 0 Å². The summed E-state index contributed by atoms with van der Waals surface area (Å²) in [6.07, 6.45) is -0.410. The molecule has 0 radical (unpaired) electrons. The number of ether oxygens (including phenoxy) is 3. The fourth-order valence-corrected chi connectivity index (χ4v) is 1.31. The van der Waals surface area contributed by atoms with Crippen LogP contribution in [0.25, 0.3) is 0 Å². The smallest absolute Gasteiger partial charge is 0.114 e. The molecular weight excluding hydrogens is 148 g/mol. The number of methoxy groups -OCH3 is 2. The second kappa shape index (κ2) is 4.01. The summed E-state index contributed by atoms with van der Waals surface area (Å²) < 4.78 is 15.4. The molecule has 1 rings (SSSR count). The molecule has 1 heterocycles. The Morgan fingerprint density at radius 1 is 1.45 bits per heavy atom. The van der Waals surface area contributed by atoms with E-state index in [0.29, 0.717) is 6.61 Å². The fraction of sp³-hybridized carbons (Fsp3) is 1.00. The van der Waals surface area contributed by atoms with Crippen LogP contribution in [0.5, 0.6) is 0 Å². The van der Waals surface area contributed by atoms with Gasteiger partial charge in [-0.2, -0.15) is 0 Å². The Labute approximate surface area is 66.1 Å². The highest BCUT2D eigenvalue weighted by Gasteiger charge is 2.36. The van der Waals surface area contributed by atoms with Gasteiger partial charge < -0.3 is 19.3 Å². The van der Waals surface area contributed by atoms with Gasteiger partial charge in [-0.15, -0.1) is 0 Å². The molecule has 4 heteroatoms. The summed E-state index contributed by atoms with van der Waals surface area (Å²) in [5, 5.41) is 8.82. The lowest BCUT2D eigenvalue weighted by Gasteiger charge is -2.18. The van der Waals surface area contributed by atoms with Crippen LogP contribution in [0.15, 0.2) is 0 Å². The van der Waals surface area contributed by atoms with E-state index >= 15 is 0 Å². The minimum absolute atomic E-state index is 0.0155. The normalized spacial score (nSPS) is 37.9. The zero-order chi connectivity index (χ0) is 8.27. The van der Waals surface area contributed by atoms with Crippen molar-refractivity contribution < 1.29 is 19.3 Å². The van der Waals surface area contributed by atoms with Gasteiger partial charge in [0.25, 0.3) is 0 Å². The van der Waals surface area contributed by atoms with Crippen molar-refractivity contribution in [2.45, 2.75) is 18.3 Å². The zero-order valence-electron chi connectivity index (χ0n) is 6.82. The minimum Gasteiger partial charge on any atom is -0.394 e. The molecule has 0 amide bonds. The van der Waals surface area contributed by atoms with E-state index in [0.717, 1.165) is 0 Å². The molecule has 4 nitrogen and oxygen atoms in total. The number of aliphatic hydroxyl groups is 1. The van der Waals surface area contributed by atoms with Gasteiger partial charge in [0.1, 0.15) is 18.3 Å². The first-order chi connectivity index (χ1) is 5.33. The average molecular weight is 162 g/mol. The first kappa shape index (κ1) is 8.93. The fourth-order valence-electron chi connectivity index (χ4n) is 1.31. The van der Waals surface area contributed by atoms with Crippen molar-refractivity contribution in [3.63, 3.8) is 0 Å². The third kappa shape index (κ3) is 1.70. The van der Waals surface area contributed by atoms with Gasteiger partial charge in [0.2, 0.25) is 0 Å². The van der Waals surface area contributed by atoms with Crippen LogP contribution >= 0.6 is 0 Å². The monoisotopic (exact) mass is 162 g/mol. The minimum atomic E-state index is -0.232. The molecule has 1 aliphatic heterocycles. The highest BCUT2D eigenvalue weighted by atomic mass is 16.6. The van der Waals surface area contributed by atoms with Crippen LogP contribution in [0.3, 0.4) is 0 Å². The third-order valence-electron chi connectivity index (χ3n) is 1.96. The molecule has 0 bridgehead atoms. The van der Waals surface area contributed by atoms with E-state index in [2.05, 4.69) is 0 Å². The van der Waals surface area contributed by atoms with Crippen molar-refractivity contribution in [3.05, 3.63) is 0 Å². The standard InChI is InChI=1S/C7H14O4/c1-9-6-4-11-5(3-8)7(6)10-2/h5-8H,3-4H2,1-2H3/t5-,6-,7-/m0/s1. The lowest BCUT2D eigenvalue weighted by atomic mass is 10.1. The molecule has 1 N–H and O–H groups in total. The van der Waals surface area contributed by atoms with Crippen LogP contribution in [-0.4, -0.2) is 50.9 Å². The van der Waals surface area contributed by atoms with E-state index in [1.54, 1.807) is 14.2 Å². The largest absolute Gasteiger partial charge is 0.394 e. The van der Waals surface area contributed by atoms with Crippen molar-refractivity contribution in [1.82, 2.24) is 0 Å². The first-order valence-corrected chi connectivity index (χ1v) is 3.61. The SMILES string of the molecule is CO[C@@H]1[C@@H](OC)CO[C@H]1CO. The molecule has 66 valence electrons. The van der Waals surface area contributed by atoms with Gasteiger partial charge in [0.15, 0.2) is 0 Å². The first-order valence-electron chi connectivity index (χ1n) is 3.61. The Balaban J connectivity index is 2.48. The maximum Gasteiger partial charge on any atom is 0.114 e. The molecule has 1 saturated heterocycles. The van der Waals surface area contributed by atoms with E-state index in [1.807, 2.05) is 0 Å². The van der Waals surface area contributed by atoms with Crippen LogP contribution in [0.4, 0.5) is 0 Å².